The summed E-state index contributed by atoms with van der Waals surface area (Å²) >= 11 is 11.6. The summed E-state index contributed by atoms with van der Waals surface area (Å²) in [5, 5.41) is 3.31. The van der Waals surface area contributed by atoms with Gasteiger partial charge in [-0.3, -0.25) is 4.79 Å². The maximum Gasteiger partial charge on any atom is 0.338 e. The summed E-state index contributed by atoms with van der Waals surface area (Å²) in [5.74, 6) is -1.01. The van der Waals surface area contributed by atoms with Gasteiger partial charge in [-0.15, -0.1) is 0 Å². The second kappa shape index (κ2) is 7.99. The zero-order valence-electron chi connectivity index (χ0n) is 12.4. The van der Waals surface area contributed by atoms with Crippen LogP contribution in [0.4, 0.5) is 0 Å². The topological polar surface area (TPSA) is 55.4 Å². The standard InChI is InChI=1S/C17H15Cl2NO3/c1-11(16(21)20-10-12-5-3-2-4-6-12)23-17(22)13-7-8-14(18)15(19)9-13/h2-9,11H,10H2,1H3,(H,20,21)/t11-/m1/s1. The molecule has 6 heteroatoms. The van der Waals surface area contributed by atoms with Crippen LogP contribution in [0.5, 0.6) is 0 Å². The Hall–Kier alpha value is -2.04. The van der Waals surface area contributed by atoms with Crippen molar-refractivity contribution < 1.29 is 14.3 Å². The highest BCUT2D eigenvalue weighted by molar-refractivity contribution is 6.42. The first kappa shape index (κ1) is 17.3. The van der Waals surface area contributed by atoms with Gasteiger partial charge >= 0.3 is 5.97 Å². The van der Waals surface area contributed by atoms with Crippen LogP contribution >= 0.6 is 23.2 Å². The second-order valence-corrected chi connectivity index (χ2v) is 5.69. The zero-order chi connectivity index (χ0) is 16.8. The Morgan fingerprint density at radius 2 is 1.78 bits per heavy atom. The number of nitrogens with one attached hydrogen (secondary N) is 1. The fourth-order valence-electron chi connectivity index (χ4n) is 1.83. The summed E-state index contributed by atoms with van der Waals surface area (Å²) in [4.78, 5) is 24.0. The van der Waals surface area contributed by atoms with E-state index in [1.54, 1.807) is 0 Å². The molecule has 0 aliphatic rings. The van der Waals surface area contributed by atoms with Crippen molar-refractivity contribution in [2.45, 2.75) is 19.6 Å². The molecule has 0 radical (unpaired) electrons. The van der Waals surface area contributed by atoms with Crippen LogP contribution in [0.2, 0.25) is 10.0 Å². The number of rotatable bonds is 5. The zero-order valence-corrected chi connectivity index (χ0v) is 13.9. The van der Waals surface area contributed by atoms with E-state index in [2.05, 4.69) is 5.32 Å². The van der Waals surface area contributed by atoms with E-state index >= 15 is 0 Å². The lowest BCUT2D eigenvalue weighted by Crippen LogP contribution is -2.35. The lowest BCUT2D eigenvalue weighted by molar-refractivity contribution is -0.129. The van der Waals surface area contributed by atoms with Gasteiger partial charge in [0.2, 0.25) is 0 Å². The van der Waals surface area contributed by atoms with Crippen LogP contribution in [0.15, 0.2) is 48.5 Å². The molecular weight excluding hydrogens is 337 g/mol. The number of esters is 1. The van der Waals surface area contributed by atoms with E-state index in [1.807, 2.05) is 30.3 Å². The van der Waals surface area contributed by atoms with Crippen LogP contribution in [0, 0.1) is 0 Å². The fraction of sp³-hybridized carbons (Fsp3) is 0.176. The van der Waals surface area contributed by atoms with E-state index in [9.17, 15) is 9.59 Å². The average Bonchev–Trinajstić information content (AvgIpc) is 2.55. The van der Waals surface area contributed by atoms with Gasteiger partial charge in [0.05, 0.1) is 15.6 Å². The maximum absolute atomic E-state index is 12.0. The number of ether oxygens (including phenoxy) is 1. The van der Waals surface area contributed by atoms with Crippen LogP contribution in [-0.2, 0) is 16.1 Å². The van der Waals surface area contributed by atoms with Gasteiger partial charge in [0.15, 0.2) is 6.10 Å². The van der Waals surface area contributed by atoms with Gasteiger partial charge in [0.25, 0.3) is 5.91 Å². The van der Waals surface area contributed by atoms with E-state index < -0.39 is 12.1 Å². The molecule has 2 aromatic carbocycles. The van der Waals surface area contributed by atoms with Crippen molar-refractivity contribution in [3.8, 4) is 0 Å². The van der Waals surface area contributed by atoms with Crippen LogP contribution in [-0.4, -0.2) is 18.0 Å². The smallest absolute Gasteiger partial charge is 0.338 e. The molecule has 2 aromatic rings. The highest BCUT2D eigenvalue weighted by Crippen LogP contribution is 2.23. The van der Waals surface area contributed by atoms with Crippen molar-refractivity contribution in [1.29, 1.82) is 0 Å². The Morgan fingerprint density at radius 1 is 1.09 bits per heavy atom. The van der Waals surface area contributed by atoms with Crippen molar-refractivity contribution >= 4 is 35.1 Å². The third-order valence-corrected chi connectivity index (χ3v) is 3.86. The average molecular weight is 352 g/mol. The van der Waals surface area contributed by atoms with Crippen LogP contribution in [0.25, 0.3) is 0 Å². The number of hydrogen-bond donors (Lipinski definition) is 1. The highest BCUT2D eigenvalue weighted by Gasteiger charge is 2.19. The summed E-state index contributed by atoms with van der Waals surface area (Å²) in [6, 6.07) is 13.9. The van der Waals surface area contributed by atoms with Crippen LogP contribution in [0.1, 0.15) is 22.8 Å². The number of carbonyl (C=O) groups is 2. The number of halogens is 2. The Kier molecular flexibility index (Phi) is 6.02. The van der Waals surface area contributed by atoms with Gasteiger partial charge in [-0.2, -0.15) is 0 Å². The van der Waals surface area contributed by atoms with Gasteiger partial charge in [0.1, 0.15) is 0 Å². The first-order chi connectivity index (χ1) is 11.0. The summed E-state index contributed by atoms with van der Waals surface area (Å²) in [7, 11) is 0. The molecule has 0 saturated carbocycles. The molecular formula is C17H15Cl2NO3. The molecule has 120 valence electrons. The molecule has 0 heterocycles. The molecule has 0 saturated heterocycles. The van der Waals surface area contributed by atoms with Crippen molar-refractivity contribution in [2.24, 2.45) is 0 Å². The third kappa shape index (κ3) is 4.98. The van der Waals surface area contributed by atoms with E-state index in [0.29, 0.717) is 11.6 Å². The lowest BCUT2D eigenvalue weighted by Gasteiger charge is -2.14. The lowest BCUT2D eigenvalue weighted by atomic mass is 10.2. The Morgan fingerprint density at radius 3 is 2.43 bits per heavy atom. The van der Waals surface area contributed by atoms with Crippen molar-refractivity contribution in [3.05, 3.63) is 69.7 Å². The largest absolute Gasteiger partial charge is 0.449 e. The first-order valence-corrected chi connectivity index (χ1v) is 7.70. The number of amides is 1. The number of hydrogen-bond acceptors (Lipinski definition) is 3. The van der Waals surface area contributed by atoms with Gasteiger partial charge < -0.3 is 10.1 Å². The van der Waals surface area contributed by atoms with Crippen molar-refractivity contribution in [1.82, 2.24) is 5.32 Å². The van der Waals surface area contributed by atoms with Gasteiger partial charge in [-0.25, -0.2) is 4.79 Å². The number of benzene rings is 2. The molecule has 2 rings (SSSR count). The first-order valence-electron chi connectivity index (χ1n) is 6.95. The van der Waals surface area contributed by atoms with E-state index in [4.69, 9.17) is 27.9 Å². The molecule has 0 aliphatic carbocycles. The van der Waals surface area contributed by atoms with E-state index in [0.717, 1.165) is 5.56 Å². The number of carbonyl (C=O) groups excluding carboxylic acids is 2. The van der Waals surface area contributed by atoms with Crippen LogP contribution < -0.4 is 5.32 Å². The summed E-state index contributed by atoms with van der Waals surface area (Å²) in [5.41, 5.74) is 1.20. The summed E-state index contributed by atoms with van der Waals surface area (Å²) in [6.07, 6.45) is -0.916. The molecule has 0 aliphatic heterocycles. The molecule has 1 amide bonds. The Labute approximate surface area is 144 Å². The van der Waals surface area contributed by atoms with Crippen molar-refractivity contribution in [2.75, 3.05) is 0 Å². The minimum atomic E-state index is -0.916. The van der Waals surface area contributed by atoms with Gasteiger partial charge in [-0.05, 0) is 30.7 Å². The quantitative estimate of drug-likeness (QED) is 0.832. The third-order valence-electron chi connectivity index (χ3n) is 3.12. The summed E-state index contributed by atoms with van der Waals surface area (Å²) < 4.78 is 5.13. The molecule has 4 nitrogen and oxygen atoms in total. The molecule has 23 heavy (non-hydrogen) atoms. The molecule has 0 unspecified atom stereocenters. The monoisotopic (exact) mass is 351 g/mol. The molecule has 1 atom stereocenters. The predicted octanol–water partition coefficient (Wildman–Crippen LogP) is 3.86. The Bertz CT molecular complexity index is 704. The van der Waals surface area contributed by atoms with E-state index in [-0.39, 0.29) is 16.5 Å². The molecule has 0 spiro atoms. The van der Waals surface area contributed by atoms with Crippen molar-refractivity contribution in [3.63, 3.8) is 0 Å². The Balaban J connectivity index is 1.89. The minimum absolute atomic E-state index is 0.238. The minimum Gasteiger partial charge on any atom is -0.449 e. The normalized spacial score (nSPS) is 11.6. The molecule has 0 fully saturated rings. The molecule has 0 bridgehead atoms. The SMILES string of the molecule is C[C@@H](OC(=O)c1ccc(Cl)c(Cl)c1)C(=O)NCc1ccccc1. The second-order valence-electron chi connectivity index (χ2n) is 4.88. The summed E-state index contributed by atoms with van der Waals surface area (Å²) in [6.45, 7) is 1.88. The van der Waals surface area contributed by atoms with Crippen LogP contribution in [0.3, 0.4) is 0 Å². The maximum atomic E-state index is 12.0. The fourth-order valence-corrected chi connectivity index (χ4v) is 2.13. The van der Waals surface area contributed by atoms with Gasteiger partial charge in [0, 0.05) is 6.54 Å². The van der Waals surface area contributed by atoms with E-state index in [1.165, 1.54) is 25.1 Å². The highest BCUT2D eigenvalue weighted by atomic mass is 35.5. The molecule has 0 aromatic heterocycles. The van der Waals surface area contributed by atoms with Gasteiger partial charge in [-0.1, -0.05) is 53.5 Å². The molecule has 1 N–H and O–H groups in total. The predicted molar refractivity (Wildman–Crippen MR) is 89.6 cm³/mol.